The molecule has 1 amide bonds. The molecule has 1 atom stereocenters. The Labute approximate surface area is 152 Å². The number of nitrogens with zero attached hydrogens (tertiary/aromatic N) is 5. The molecule has 7 heteroatoms. The average molecular weight is 350 g/mol. The van der Waals surface area contributed by atoms with Crippen molar-refractivity contribution in [2.75, 3.05) is 13.1 Å². The smallest absolute Gasteiger partial charge is 0.271 e. The Morgan fingerprint density at radius 1 is 1.38 bits per heavy atom. The van der Waals surface area contributed by atoms with Crippen molar-refractivity contribution < 1.29 is 4.79 Å². The number of aryl methyl sites for hydroxylation is 2. The van der Waals surface area contributed by atoms with Crippen LogP contribution < -0.4 is 0 Å². The topological polar surface area (TPSA) is 79.7 Å². The fourth-order valence-corrected chi connectivity index (χ4v) is 3.65. The number of piperidine rings is 1. The second-order valence-electron chi connectivity index (χ2n) is 6.85. The Bertz CT molecular complexity index is 913. The summed E-state index contributed by atoms with van der Waals surface area (Å²) < 4.78 is 2.07. The molecule has 0 bridgehead atoms. The molecule has 1 fully saturated rings. The molecule has 7 nitrogen and oxygen atoms in total. The predicted octanol–water partition coefficient (Wildman–Crippen LogP) is 2.53. The number of carbonyl (C=O) groups is 1. The van der Waals surface area contributed by atoms with Crippen molar-refractivity contribution >= 4 is 5.91 Å². The SMILES string of the molecule is Cc1cn(C)c(C2CCCN(C(=O)c3cc(-c4cccnc4)n[nH]3)C2)n1. The van der Waals surface area contributed by atoms with E-state index in [0.29, 0.717) is 12.2 Å². The third-order valence-corrected chi connectivity index (χ3v) is 4.87. The first-order chi connectivity index (χ1) is 12.6. The Morgan fingerprint density at radius 2 is 2.27 bits per heavy atom. The minimum Gasteiger partial charge on any atom is -0.337 e. The quantitative estimate of drug-likeness (QED) is 0.787. The number of hydrogen-bond acceptors (Lipinski definition) is 4. The number of H-pyrrole nitrogens is 1. The minimum absolute atomic E-state index is 0.0109. The summed E-state index contributed by atoms with van der Waals surface area (Å²) in [5.41, 5.74) is 3.15. The number of rotatable bonds is 3. The fraction of sp³-hybridized carbons (Fsp3) is 0.368. The summed E-state index contributed by atoms with van der Waals surface area (Å²) in [6.45, 7) is 3.45. The van der Waals surface area contributed by atoms with Crippen LogP contribution >= 0.6 is 0 Å². The van der Waals surface area contributed by atoms with E-state index in [1.165, 1.54) is 0 Å². The largest absolute Gasteiger partial charge is 0.337 e. The highest BCUT2D eigenvalue weighted by Crippen LogP contribution is 2.27. The molecule has 0 radical (unpaired) electrons. The van der Waals surface area contributed by atoms with Crippen LogP contribution in [0.25, 0.3) is 11.3 Å². The second kappa shape index (κ2) is 6.74. The van der Waals surface area contributed by atoms with Crippen molar-refractivity contribution in [1.29, 1.82) is 0 Å². The third kappa shape index (κ3) is 3.12. The molecule has 0 aromatic carbocycles. The van der Waals surface area contributed by atoms with Crippen LogP contribution in [0.1, 0.15) is 40.8 Å². The van der Waals surface area contributed by atoms with Crippen LogP contribution in [-0.2, 0) is 7.05 Å². The number of pyridine rings is 1. The van der Waals surface area contributed by atoms with E-state index in [1.807, 2.05) is 37.2 Å². The van der Waals surface area contributed by atoms with Crippen molar-refractivity contribution in [1.82, 2.24) is 29.6 Å². The molecule has 3 aromatic rings. The Balaban J connectivity index is 1.51. The lowest BCUT2D eigenvalue weighted by Crippen LogP contribution is -2.39. The average Bonchev–Trinajstić information content (AvgIpc) is 3.28. The number of imidazole rings is 1. The Morgan fingerprint density at radius 3 is 3.00 bits per heavy atom. The lowest BCUT2D eigenvalue weighted by atomic mass is 9.97. The highest BCUT2D eigenvalue weighted by Gasteiger charge is 2.28. The molecule has 0 aliphatic carbocycles. The maximum absolute atomic E-state index is 12.9. The molecule has 3 aromatic heterocycles. The van der Waals surface area contributed by atoms with Crippen LogP contribution in [0.15, 0.2) is 36.8 Å². The highest BCUT2D eigenvalue weighted by atomic mass is 16.2. The van der Waals surface area contributed by atoms with Crippen LogP contribution in [0, 0.1) is 6.92 Å². The van der Waals surface area contributed by atoms with Gasteiger partial charge in [0.05, 0.1) is 11.4 Å². The third-order valence-electron chi connectivity index (χ3n) is 4.87. The molecule has 4 heterocycles. The maximum atomic E-state index is 12.9. The van der Waals surface area contributed by atoms with Gasteiger partial charge in [0.1, 0.15) is 11.5 Å². The summed E-state index contributed by atoms with van der Waals surface area (Å²) in [6.07, 6.45) is 7.52. The Kier molecular flexibility index (Phi) is 4.28. The number of likely N-dealkylation sites (tertiary alicyclic amines) is 1. The van der Waals surface area contributed by atoms with Crippen LogP contribution in [0.4, 0.5) is 0 Å². The predicted molar refractivity (Wildman–Crippen MR) is 97.6 cm³/mol. The minimum atomic E-state index is -0.0109. The van der Waals surface area contributed by atoms with E-state index in [0.717, 1.165) is 42.2 Å². The van der Waals surface area contributed by atoms with E-state index in [9.17, 15) is 4.79 Å². The summed E-state index contributed by atoms with van der Waals surface area (Å²) in [7, 11) is 2.02. The van der Waals surface area contributed by atoms with Gasteiger partial charge in [-0.05, 0) is 38.0 Å². The van der Waals surface area contributed by atoms with Gasteiger partial charge in [-0.15, -0.1) is 0 Å². The fourth-order valence-electron chi connectivity index (χ4n) is 3.65. The first-order valence-electron chi connectivity index (χ1n) is 8.87. The molecule has 26 heavy (non-hydrogen) atoms. The van der Waals surface area contributed by atoms with Crippen molar-refractivity contribution in [3.63, 3.8) is 0 Å². The zero-order valence-corrected chi connectivity index (χ0v) is 15.0. The molecule has 0 spiro atoms. The summed E-state index contributed by atoms with van der Waals surface area (Å²) in [6, 6.07) is 5.58. The number of amides is 1. The van der Waals surface area contributed by atoms with E-state index in [2.05, 4.69) is 24.7 Å². The number of aromatic nitrogens is 5. The van der Waals surface area contributed by atoms with Gasteiger partial charge in [0.25, 0.3) is 5.91 Å². The van der Waals surface area contributed by atoms with Crippen molar-refractivity contribution in [3.05, 3.63) is 54.0 Å². The second-order valence-corrected chi connectivity index (χ2v) is 6.85. The first-order valence-corrected chi connectivity index (χ1v) is 8.87. The molecule has 1 N–H and O–H groups in total. The number of aromatic amines is 1. The summed E-state index contributed by atoms with van der Waals surface area (Å²) in [5.74, 6) is 1.32. The van der Waals surface area contributed by atoms with Gasteiger partial charge in [-0.3, -0.25) is 14.9 Å². The van der Waals surface area contributed by atoms with Gasteiger partial charge in [0.15, 0.2) is 0 Å². The summed E-state index contributed by atoms with van der Waals surface area (Å²) >= 11 is 0. The molecule has 1 unspecified atom stereocenters. The maximum Gasteiger partial charge on any atom is 0.271 e. The van der Waals surface area contributed by atoms with Crippen molar-refractivity contribution in [2.24, 2.45) is 7.05 Å². The molecule has 1 saturated heterocycles. The molecule has 134 valence electrons. The van der Waals surface area contributed by atoms with Gasteiger partial charge in [-0.1, -0.05) is 0 Å². The van der Waals surface area contributed by atoms with Crippen molar-refractivity contribution in [2.45, 2.75) is 25.7 Å². The van der Waals surface area contributed by atoms with E-state index >= 15 is 0 Å². The van der Waals surface area contributed by atoms with Crippen LogP contribution in [0.3, 0.4) is 0 Å². The van der Waals surface area contributed by atoms with Gasteiger partial charge in [-0.2, -0.15) is 5.10 Å². The first kappa shape index (κ1) is 16.5. The van der Waals surface area contributed by atoms with Gasteiger partial charge >= 0.3 is 0 Å². The molecule has 4 rings (SSSR count). The molecular weight excluding hydrogens is 328 g/mol. The van der Waals surface area contributed by atoms with E-state index in [1.54, 1.807) is 18.5 Å². The summed E-state index contributed by atoms with van der Waals surface area (Å²) in [4.78, 5) is 23.6. The van der Waals surface area contributed by atoms with Crippen LogP contribution in [0.5, 0.6) is 0 Å². The van der Waals surface area contributed by atoms with E-state index in [4.69, 9.17) is 0 Å². The van der Waals surface area contributed by atoms with Gasteiger partial charge in [0, 0.05) is 50.2 Å². The van der Waals surface area contributed by atoms with E-state index in [-0.39, 0.29) is 11.8 Å². The molecule has 0 saturated carbocycles. The number of carbonyl (C=O) groups excluding carboxylic acids is 1. The summed E-state index contributed by atoms with van der Waals surface area (Å²) in [5, 5.41) is 7.15. The standard InChI is InChI=1S/C19H22N6O/c1-13-11-24(2)18(21-13)15-6-4-8-25(12-15)19(26)17-9-16(22-23-17)14-5-3-7-20-10-14/h3,5,7,9-11,15H,4,6,8,12H2,1-2H3,(H,22,23). The zero-order valence-electron chi connectivity index (χ0n) is 15.0. The molecule has 1 aliphatic rings. The van der Waals surface area contributed by atoms with Crippen molar-refractivity contribution in [3.8, 4) is 11.3 Å². The van der Waals surface area contributed by atoms with Gasteiger partial charge < -0.3 is 9.47 Å². The number of nitrogens with one attached hydrogen (secondary N) is 1. The number of hydrogen-bond donors (Lipinski definition) is 1. The molecule has 1 aliphatic heterocycles. The highest BCUT2D eigenvalue weighted by molar-refractivity contribution is 5.93. The monoisotopic (exact) mass is 350 g/mol. The molecular formula is C19H22N6O. The van der Waals surface area contributed by atoms with Gasteiger partial charge in [0.2, 0.25) is 0 Å². The Hall–Kier alpha value is -2.96. The van der Waals surface area contributed by atoms with Crippen LogP contribution in [-0.4, -0.2) is 48.6 Å². The van der Waals surface area contributed by atoms with E-state index < -0.39 is 0 Å². The van der Waals surface area contributed by atoms with Crippen LogP contribution in [0.2, 0.25) is 0 Å². The zero-order chi connectivity index (χ0) is 18.1. The van der Waals surface area contributed by atoms with Gasteiger partial charge in [-0.25, -0.2) is 4.98 Å². The normalized spacial score (nSPS) is 17.5. The lowest BCUT2D eigenvalue weighted by Gasteiger charge is -2.32. The lowest BCUT2D eigenvalue weighted by molar-refractivity contribution is 0.0697.